The summed E-state index contributed by atoms with van der Waals surface area (Å²) in [6.45, 7) is 2.29. The molecule has 1 aromatic heterocycles. The second kappa shape index (κ2) is 5.83. The molecule has 1 unspecified atom stereocenters. The Bertz CT molecular complexity index is 369. The van der Waals surface area contributed by atoms with Crippen molar-refractivity contribution in [2.45, 2.75) is 24.2 Å². The van der Waals surface area contributed by atoms with E-state index in [1.165, 1.54) is 24.9 Å². The van der Waals surface area contributed by atoms with Gasteiger partial charge in [0.15, 0.2) is 0 Å². The number of aromatic nitrogens is 1. The maximum Gasteiger partial charge on any atom is 0.132 e. The first-order valence-corrected chi connectivity index (χ1v) is 7.25. The molecule has 1 fully saturated rings. The molecule has 0 N–H and O–H groups in total. The van der Waals surface area contributed by atoms with Crippen LogP contribution in [0.4, 0.5) is 5.82 Å². The van der Waals surface area contributed by atoms with Gasteiger partial charge in [-0.3, -0.25) is 0 Å². The molecule has 1 atom stereocenters. The van der Waals surface area contributed by atoms with Crippen molar-refractivity contribution in [1.29, 1.82) is 0 Å². The zero-order valence-corrected chi connectivity index (χ0v) is 12.2. The maximum atomic E-state index is 4.49. The van der Waals surface area contributed by atoms with Gasteiger partial charge < -0.3 is 9.80 Å². The monoisotopic (exact) mass is 297 g/mol. The van der Waals surface area contributed by atoms with Crippen LogP contribution >= 0.6 is 15.9 Å². The van der Waals surface area contributed by atoms with Crippen LogP contribution in [0.3, 0.4) is 0 Å². The largest absolute Gasteiger partial charge is 0.358 e. The molecule has 0 amide bonds. The van der Waals surface area contributed by atoms with Gasteiger partial charge in [0.2, 0.25) is 0 Å². The number of likely N-dealkylation sites (N-methyl/N-ethyl adjacent to an activating group) is 2. The van der Waals surface area contributed by atoms with Crippen LogP contribution in [0.15, 0.2) is 18.3 Å². The van der Waals surface area contributed by atoms with Crippen molar-refractivity contribution in [1.82, 2.24) is 9.88 Å². The Hall–Kier alpha value is -0.610. The average molecular weight is 298 g/mol. The molecule has 2 rings (SSSR count). The molecule has 1 aliphatic heterocycles. The van der Waals surface area contributed by atoms with Gasteiger partial charge in [-0.05, 0) is 32.5 Å². The minimum absolute atomic E-state index is 0.671. The number of nitrogens with zero attached hydrogens (tertiary/aromatic N) is 3. The lowest BCUT2D eigenvalue weighted by molar-refractivity contribution is 0.314. The number of alkyl halides is 1. The molecule has 1 saturated heterocycles. The lowest BCUT2D eigenvalue weighted by atomic mass is 10.2. The topological polar surface area (TPSA) is 19.4 Å². The molecule has 17 heavy (non-hydrogen) atoms. The predicted octanol–water partition coefficient (Wildman–Crippen LogP) is 2.51. The van der Waals surface area contributed by atoms with E-state index in [2.05, 4.69) is 50.9 Å². The molecule has 3 nitrogen and oxygen atoms in total. The van der Waals surface area contributed by atoms with E-state index >= 15 is 0 Å². The van der Waals surface area contributed by atoms with Crippen LogP contribution in [0, 0.1) is 0 Å². The molecule has 0 aromatic carbocycles. The summed E-state index contributed by atoms with van der Waals surface area (Å²) in [4.78, 5) is 9.23. The number of hydrogen-bond acceptors (Lipinski definition) is 3. The molecular weight excluding hydrogens is 278 g/mol. The van der Waals surface area contributed by atoms with Crippen molar-refractivity contribution in [3.8, 4) is 0 Å². The maximum absolute atomic E-state index is 4.49. The third-order valence-corrected chi connectivity index (χ3v) is 4.13. The van der Waals surface area contributed by atoms with Gasteiger partial charge in [-0.15, -0.1) is 0 Å². The summed E-state index contributed by atoms with van der Waals surface area (Å²) in [5.74, 6) is 1.10. The molecule has 1 aromatic rings. The van der Waals surface area contributed by atoms with Crippen LogP contribution in [-0.2, 0) is 5.33 Å². The Balaban J connectivity index is 2.06. The summed E-state index contributed by atoms with van der Waals surface area (Å²) in [5, 5.41) is 0.862. The van der Waals surface area contributed by atoms with E-state index in [1.54, 1.807) is 0 Å². The smallest absolute Gasteiger partial charge is 0.132 e. The van der Waals surface area contributed by atoms with Crippen molar-refractivity contribution in [2.75, 3.05) is 32.1 Å². The fraction of sp³-hybridized carbons (Fsp3) is 0.615. The van der Waals surface area contributed by atoms with Crippen molar-refractivity contribution in [3.63, 3.8) is 0 Å². The first-order chi connectivity index (χ1) is 8.22. The van der Waals surface area contributed by atoms with Crippen LogP contribution in [0.2, 0.25) is 0 Å². The molecule has 2 heterocycles. The fourth-order valence-corrected chi connectivity index (χ4v) is 2.93. The summed E-state index contributed by atoms with van der Waals surface area (Å²) in [6.07, 6.45) is 4.50. The van der Waals surface area contributed by atoms with Gasteiger partial charge >= 0.3 is 0 Å². The van der Waals surface area contributed by atoms with E-state index in [0.29, 0.717) is 6.04 Å². The Morgan fingerprint density at radius 1 is 1.59 bits per heavy atom. The third kappa shape index (κ3) is 2.99. The number of rotatable bonds is 4. The normalized spacial score (nSPS) is 20.8. The summed E-state index contributed by atoms with van der Waals surface area (Å²) < 4.78 is 0. The van der Waals surface area contributed by atoms with Gasteiger partial charge in [-0.2, -0.15) is 0 Å². The standard InChI is InChI=1S/C13H20BrN3/c1-16-8-4-6-12(16)10-17(2)13-11(9-14)5-3-7-15-13/h3,5,7,12H,4,6,8-10H2,1-2H3. The quantitative estimate of drug-likeness (QED) is 0.796. The fourth-order valence-electron chi connectivity index (χ4n) is 2.49. The molecular formula is C13H20BrN3. The Labute approximate surface area is 112 Å². The third-order valence-electron chi connectivity index (χ3n) is 3.53. The molecule has 0 radical (unpaired) electrons. The second-order valence-corrected chi connectivity index (χ2v) is 5.34. The zero-order chi connectivity index (χ0) is 12.3. The Morgan fingerprint density at radius 3 is 3.06 bits per heavy atom. The van der Waals surface area contributed by atoms with E-state index in [1.807, 2.05) is 12.3 Å². The Kier molecular flexibility index (Phi) is 4.40. The van der Waals surface area contributed by atoms with Gasteiger partial charge in [-0.1, -0.05) is 22.0 Å². The highest BCUT2D eigenvalue weighted by Crippen LogP contribution is 2.22. The number of likely N-dealkylation sites (tertiary alicyclic amines) is 1. The first kappa shape index (κ1) is 12.8. The molecule has 0 aliphatic carbocycles. The molecule has 0 bridgehead atoms. The van der Waals surface area contributed by atoms with E-state index in [4.69, 9.17) is 0 Å². The van der Waals surface area contributed by atoms with E-state index in [-0.39, 0.29) is 0 Å². The predicted molar refractivity (Wildman–Crippen MR) is 75.8 cm³/mol. The van der Waals surface area contributed by atoms with E-state index in [0.717, 1.165) is 17.7 Å². The van der Waals surface area contributed by atoms with E-state index < -0.39 is 0 Å². The number of hydrogen-bond donors (Lipinski definition) is 0. The summed E-state index contributed by atoms with van der Waals surface area (Å²) in [5.41, 5.74) is 1.26. The highest BCUT2D eigenvalue weighted by Gasteiger charge is 2.23. The highest BCUT2D eigenvalue weighted by atomic mass is 79.9. The Morgan fingerprint density at radius 2 is 2.41 bits per heavy atom. The molecule has 0 saturated carbocycles. The van der Waals surface area contributed by atoms with E-state index in [9.17, 15) is 0 Å². The highest BCUT2D eigenvalue weighted by molar-refractivity contribution is 9.08. The lowest BCUT2D eigenvalue weighted by Crippen LogP contribution is -2.37. The number of halogens is 1. The average Bonchev–Trinajstić information content (AvgIpc) is 2.75. The van der Waals surface area contributed by atoms with Gasteiger partial charge in [0.05, 0.1) is 0 Å². The van der Waals surface area contributed by atoms with Crippen LogP contribution in [0.25, 0.3) is 0 Å². The minimum atomic E-state index is 0.671. The summed E-state index contributed by atoms with van der Waals surface area (Å²) in [7, 11) is 4.36. The van der Waals surface area contributed by atoms with Crippen LogP contribution in [-0.4, -0.2) is 43.1 Å². The zero-order valence-electron chi connectivity index (χ0n) is 10.6. The summed E-state index contributed by atoms with van der Waals surface area (Å²) >= 11 is 3.52. The molecule has 4 heteroatoms. The van der Waals surface area contributed by atoms with Crippen molar-refractivity contribution < 1.29 is 0 Å². The molecule has 94 valence electrons. The van der Waals surface area contributed by atoms with Crippen LogP contribution in [0.5, 0.6) is 0 Å². The van der Waals surface area contributed by atoms with Gasteiger partial charge in [0, 0.05) is 36.7 Å². The number of pyridine rings is 1. The minimum Gasteiger partial charge on any atom is -0.358 e. The SMILES string of the molecule is CN(CC1CCCN1C)c1ncccc1CBr. The first-order valence-electron chi connectivity index (χ1n) is 6.13. The second-order valence-electron chi connectivity index (χ2n) is 4.78. The molecule has 1 aliphatic rings. The van der Waals surface area contributed by atoms with Crippen LogP contribution in [0.1, 0.15) is 18.4 Å². The van der Waals surface area contributed by atoms with Gasteiger partial charge in [0.1, 0.15) is 5.82 Å². The van der Waals surface area contributed by atoms with Crippen molar-refractivity contribution in [2.24, 2.45) is 0 Å². The van der Waals surface area contributed by atoms with Gasteiger partial charge in [-0.25, -0.2) is 4.98 Å². The van der Waals surface area contributed by atoms with Gasteiger partial charge in [0.25, 0.3) is 0 Å². The van der Waals surface area contributed by atoms with Crippen molar-refractivity contribution in [3.05, 3.63) is 23.9 Å². The molecule has 0 spiro atoms. The summed E-state index contributed by atoms with van der Waals surface area (Å²) in [6, 6.07) is 4.80. The number of anilines is 1. The van der Waals surface area contributed by atoms with Crippen LogP contribution < -0.4 is 4.90 Å². The van der Waals surface area contributed by atoms with Crippen molar-refractivity contribution >= 4 is 21.7 Å². The lowest BCUT2D eigenvalue weighted by Gasteiger charge is -2.27.